The van der Waals surface area contributed by atoms with E-state index in [9.17, 15) is 9.59 Å². The molecule has 0 aliphatic carbocycles. The fraction of sp³-hybridized carbons (Fsp3) is 0.222. The summed E-state index contributed by atoms with van der Waals surface area (Å²) in [4.78, 5) is 25.6. The van der Waals surface area contributed by atoms with Crippen LogP contribution in [0.4, 0.5) is 5.69 Å². The minimum absolute atomic E-state index is 0.0376. The zero-order chi connectivity index (χ0) is 16.4. The van der Waals surface area contributed by atoms with Crippen LogP contribution in [0.1, 0.15) is 28.4 Å². The lowest BCUT2D eigenvalue weighted by atomic mass is 10.1. The van der Waals surface area contributed by atoms with Crippen molar-refractivity contribution >= 4 is 33.4 Å². The van der Waals surface area contributed by atoms with Gasteiger partial charge in [-0.15, -0.1) is 0 Å². The number of nitrogens with zero attached hydrogens (tertiary/aromatic N) is 1. The SMILES string of the molecule is CC(=O)N1CCc2cc(C(=O)NCc3cccc(Br)c3)ccc21. The van der Waals surface area contributed by atoms with Gasteiger partial charge >= 0.3 is 0 Å². The summed E-state index contributed by atoms with van der Waals surface area (Å²) in [7, 11) is 0. The third-order valence-electron chi connectivity index (χ3n) is 3.96. The number of benzene rings is 2. The van der Waals surface area contributed by atoms with Crippen molar-refractivity contribution in [2.24, 2.45) is 0 Å². The van der Waals surface area contributed by atoms with Crippen molar-refractivity contribution in [2.75, 3.05) is 11.4 Å². The number of halogens is 1. The Morgan fingerprint density at radius 2 is 2.04 bits per heavy atom. The van der Waals surface area contributed by atoms with E-state index in [1.807, 2.05) is 36.4 Å². The van der Waals surface area contributed by atoms with E-state index in [-0.39, 0.29) is 11.8 Å². The number of hydrogen-bond donors (Lipinski definition) is 1. The number of anilines is 1. The zero-order valence-corrected chi connectivity index (χ0v) is 14.4. The number of carbonyl (C=O) groups is 2. The number of hydrogen-bond acceptors (Lipinski definition) is 2. The molecule has 4 nitrogen and oxygen atoms in total. The van der Waals surface area contributed by atoms with Gasteiger partial charge in [0.05, 0.1) is 0 Å². The summed E-state index contributed by atoms with van der Waals surface area (Å²) in [5.41, 5.74) is 3.64. The maximum absolute atomic E-state index is 12.3. The maximum Gasteiger partial charge on any atom is 0.251 e. The number of amides is 2. The van der Waals surface area contributed by atoms with Gasteiger partial charge in [0.2, 0.25) is 5.91 Å². The van der Waals surface area contributed by atoms with E-state index in [0.717, 1.165) is 27.7 Å². The van der Waals surface area contributed by atoms with Crippen molar-refractivity contribution in [2.45, 2.75) is 19.9 Å². The quantitative estimate of drug-likeness (QED) is 0.898. The summed E-state index contributed by atoms with van der Waals surface area (Å²) in [5, 5.41) is 2.93. The molecular weight excluding hydrogens is 356 g/mol. The molecule has 0 saturated heterocycles. The largest absolute Gasteiger partial charge is 0.348 e. The molecule has 5 heteroatoms. The third-order valence-corrected chi connectivity index (χ3v) is 4.45. The first-order chi connectivity index (χ1) is 11.0. The Hall–Kier alpha value is -2.14. The molecule has 0 radical (unpaired) electrons. The van der Waals surface area contributed by atoms with E-state index in [1.54, 1.807) is 17.9 Å². The topological polar surface area (TPSA) is 49.4 Å². The number of nitrogens with one attached hydrogen (secondary N) is 1. The molecule has 0 spiro atoms. The van der Waals surface area contributed by atoms with Gasteiger partial charge in [0, 0.05) is 35.7 Å². The lowest BCUT2D eigenvalue weighted by Gasteiger charge is -2.14. The van der Waals surface area contributed by atoms with Crippen molar-refractivity contribution in [3.8, 4) is 0 Å². The van der Waals surface area contributed by atoms with Crippen LogP contribution < -0.4 is 10.2 Å². The van der Waals surface area contributed by atoms with Crippen LogP contribution in [-0.4, -0.2) is 18.4 Å². The van der Waals surface area contributed by atoms with E-state index in [2.05, 4.69) is 21.2 Å². The van der Waals surface area contributed by atoms with Gasteiger partial charge in [0.1, 0.15) is 0 Å². The van der Waals surface area contributed by atoms with Gasteiger partial charge in [-0.2, -0.15) is 0 Å². The fourth-order valence-electron chi connectivity index (χ4n) is 2.80. The van der Waals surface area contributed by atoms with Crippen LogP contribution in [0.15, 0.2) is 46.9 Å². The third kappa shape index (κ3) is 3.45. The second kappa shape index (κ2) is 6.54. The smallest absolute Gasteiger partial charge is 0.251 e. The fourth-order valence-corrected chi connectivity index (χ4v) is 3.25. The highest BCUT2D eigenvalue weighted by Crippen LogP contribution is 2.28. The van der Waals surface area contributed by atoms with Gasteiger partial charge < -0.3 is 10.2 Å². The Balaban J connectivity index is 1.70. The second-order valence-corrected chi connectivity index (χ2v) is 6.49. The lowest BCUT2D eigenvalue weighted by molar-refractivity contribution is -0.116. The molecule has 0 aromatic heterocycles. The Labute approximate surface area is 143 Å². The molecule has 2 aromatic carbocycles. The monoisotopic (exact) mass is 372 g/mol. The number of fused-ring (bicyclic) bond motifs is 1. The van der Waals surface area contributed by atoms with E-state index >= 15 is 0 Å². The molecule has 1 N–H and O–H groups in total. The van der Waals surface area contributed by atoms with E-state index < -0.39 is 0 Å². The predicted octanol–water partition coefficient (Wildman–Crippen LogP) is 3.29. The van der Waals surface area contributed by atoms with Gasteiger partial charge in [-0.25, -0.2) is 0 Å². The van der Waals surface area contributed by atoms with E-state index in [1.165, 1.54) is 0 Å². The summed E-state index contributed by atoms with van der Waals surface area (Å²) in [6.07, 6.45) is 0.793. The second-order valence-electron chi connectivity index (χ2n) is 5.58. The lowest BCUT2D eigenvalue weighted by Crippen LogP contribution is -2.26. The predicted molar refractivity (Wildman–Crippen MR) is 93.5 cm³/mol. The molecule has 0 saturated carbocycles. The van der Waals surface area contributed by atoms with Crippen LogP contribution in [0.2, 0.25) is 0 Å². The van der Waals surface area contributed by atoms with Crippen LogP contribution in [0.25, 0.3) is 0 Å². The number of rotatable bonds is 3. The maximum atomic E-state index is 12.3. The van der Waals surface area contributed by atoms with Crippen LogP contribution in [0.3, 0.4) is 0 Å². The normalized spacial score (nSPS) is 12.9. The first kappa shape index (κ1) is 15.7. The van der Waals surface area contributed by atoms with E-state index in [0.29, 0.717) is 18.7 Å². The first-order valence-corrected chi connectivity index (χ1v) is 8.27. The standard InChI is InChI=1S/C18H17BrN2O2/c1-12(22)21-8-7-14-10-15(5-6-17(14)21)18(23)20-11-13-3-2-4-16(19)9-13/h2-6,9-10H,7-8,11H2,1H3,(H,20,23). The molecule has 0 fully saturated rings. The Bertz CT molecular complexity index is 773. The highest BCUT2D eigenvalue weighted by atomic mass is 79.9. The Morgan fingerprint density at radius 3 is 2.78 bits per heavy atom. The van der Waals surface area contributed by atoms with Crippen LogP contribution in [0, 0.1) is 0 Å². The molecule has 3 rings (SSSR count). The average molecular weight is 373 g/mol. The van der Waals surface area contributed by atoms with Crippen LogP contribution >= 0.6 is 15.9 Å². The van der Waals surface area contributed by atoms with Gasteiger partial charge in [0.25, 0.3) is 5.91 Å². The molecule has 1 aliphatic heterocycles. The molecule has 23 heavy (non-hydrogen) atoms. The van der Waals surface area contributed by atoms with Crippen molar-refractivity contribution in [1.29, 1.82) is 0 Å². The van der Waals surface area contributed by atoms with Crippen molar-refractivity contribution in [3.05, 3.63) is 63.6 Å². The molecule has 1 aliphatic rings. The van der Waals surface area contributed by atoms with Gasteiger partial charge in [-0.3, -0.25) is 9.59 Å². The molecule has 0 bridgehead atoms. The van der Waals surface area contributed by atoms with Gasteiger partial charge in [-0.1, -0.05) is 28.1 Å². The highest BCUT2D eigenvalue weighted by molar-refractivity contribution is 9.10. The Morgan fingerprint density at radius 1 is 1.22 bits per heavy atom. The summed E-state index contributed by atoms with van der Waals surface area (Å²) in [6, 6.07) is 13.4. The highest BCUT2D eigenvalue weighted by Gasteiger charge is 2.23. The van der Waals surface area contributed by atoms with Crippen LogP contribution in [-0.2, 0) is 17.8 Å². The molecule has 2 aromatic rings. The van der Waals surface area contributed by atoms with Gasteiger partial charge in [-0.05, 0) is 47.9 Å². The van der Waals surface area contributed by atoms with Crippen molar-refractivity contribution < 1.29 is 9.59 Å². The summed E-state index contributed by atoms with van der Waals surface area (Å²) < 4.78 is 0.992. The van der Waals surface area contributed by atoms with Gasteiger partial charge in [0.15, 0.2) is 0 Å². The first-order valence-electron chi connectivity index (χ1n) is 7.48. The van der Waals surface area contributed by atoms with Crippen LogP contribution in [0.5, 0.6) is 0 Å². The average Bonchev–Trinajstić information content (AvgIpc) is 2.96. The molecule has 0 unspecified atom stereocenters. The molecule has 118 valence electrons. The number of carbonyl (C=O) groups excluding carboxylic acids is 2. The Kier molecular flexibility index (Phi) is 4.48. The van der Waals surface area contributed by atoms with E-state index in [4.69, 9.17) is 0 Å². The minimum Gasteiger partial charge on any atom is -0.348 e. The summed E-state index contributed by atoms with van der Waals surface area (Å²) in [5.74, 6) is -0.0651. The minimum atomic E-state index is -0.103. The molecule has 2 amide bonds. The molecule has 0 atom stereocenters. The molecule has 1 heterocycles. The van der Waals surface area contributed by atoms with Crippen molar-refractivity contribution in [1.82, 2.24) is 5.32 Å². The summed E-state index contributed by atoms with van der Waals surface area (Å²) >= 11 is 3.42. The van der Waals surface area contributed by atoms with Crippen molar-refractivity contribution in [3.63, 3.8) is 0 Å². The molecular formula is C18H17BrN2O2. The summed E-state index contributed by atoms with van der Waals surface area (Å²) in [6.45, 7) is 2.73. The zero-order valence-electron chi connectivity index (χ0n) is 12.8.